The third kappa shape index (κ3) is 5.73. The third-order valence-corrected chi connectivity index (χ3v) is 3.04. The molecule has 0 radical (unpaired) electrons. The molecular formula is C12H22F2N2O2. The molecule has 1 heterocycles. The predicted molar refractivity (Wildman–Crippen MR) is 64.7 cm³/mol. The highest BCUT2D eigenvalue weighted by atomic mass is 19.3. The normalized spacial score (nSPS) is 17.4. The van der Waals surface area contributed by atoms with Crippen molar-refractivity contribution in [2.75, 3.05) is 32.8 Å². The lowest BCUT2D eigenvalue weighted by atomic mass is 10.0. The number of ether oxygens (including phenoxy) is 1. The van der Waals surface area contributed by atoms with Crippen molar-refractivity contribution in [2.45, 2.75) is 38.7 Å². The maximum atomic E-state index is 11.8. The van der Waals surface area contributed by atoms with Crippen molar-refractivity contribution < 1.29 is 18.3 Å². The summed E-state index contributed by atoms with van der Waals surface area (Å²) in [6.07, 6.45) is -0.357. The summed E-state index contributed by atoms with van der Waals surface area (Å²) in [6.45, 7) is 3.99. The topological polar surface area (TPSA) is 41.6 Å². The summed E-state index contributed by atoms with van der Waals surface area (Å²) in [5.74, 6) is -0.000727. The van der Waals surface area contributed by atoms with Crippen LogP contribution in [0, 0.1) is 0 Å². The number of halogens is 2. The van der Waals surface area contributed by atoms with Crippen LogP contribution in [0.2, 0.25) is 0 Å². The molecule has 4 nitrogen and oxygen atoms in total. The van der Waals surface area contributed by atoms with Gasteiger partial charge in [0.25, 0.3) is 6.43 Å². The van der Waals surface area contributed by atoms with Crippen LogP contribution in [-0.2, 0) is 9.53 Å². The fourth-order valence-corrected chi connectivity index (χ4v) is 2.11. The molecule has 1 N–H and O–H groups in total. The van der Waals surface area contributed by atoms with E-state index in [2.05, 4.69) is 12.2 Å². The van der Waals surface area contributed by atoms with Gasteiger partial charge in [-0.3, -0.25) is 4.79 Å². The van der Waals surface area contributed by atoms with Crippen LogP contribution in [0.5, 0.6) is 0 Å². The van der Waals surface area contributed by atoms with Crippen LogP contribution in [0.15, 0.2) is 0 Å². The highest BCUT2D eigenvalue weighted by Gasteiger charge is 2.21. The monoisotopic (exact) mass is 264 g/mol. The fraction of sp³-hybridized carbons (Fsp3) is 0.917. The molecule has 0 atom stereocenters. The third-order valence-electron chi connectivity index (χ3n) is 3.04. The molecule has 0 bridgehead atoms. The first-order valence-corrected chi connectivity index (χ1v) is 6.50. The summed E-state index contributed by atoms with van der Waals surface area (Å²) in [7, 11) is 0. The lowest BCUT2D eigenvalue weighted by molar-refractivity contribution is -0.133. The lowest BCUT2D eigenvalue weighted by Gasteiger charge is -2.32. The molecule has 18 heavy (non-hydrogen) atoms. The lowest BCUT2D eigenvalue weighted by Crippen LogP contribution is -2.45. The SMILES string of the molecule is CCNC1CCN(C(=O)CCOCC(F)F)CC1. The van der Waals surface area contributed by atoms with Gasteiger partial charge in [-0.25, -0.2) is 8.78 Å². The van der Waals surface area contributed by atoms with Gasteiger partial charge in [0, 0.05) is 19.1 Å². The van der Waals surface area contributed by atoms with Gasteiger partial charge in [0.1, 0.15) is 6.61 Å². The number of hydrogen-bond acceptors (Lipinski definition) is 3. The number of hydrogen-bond donors (Lipinski definition) is 1. The summed E-state index contributed by atoms with van der Waals surface area (Å²) in [5.41, 5.74) is 0. The van der Waals surface area contributed by atoms with Crippen LogP contribution in [0.3, 0.4) is 0 Å². The number of piperidine rings is 1. The Labute approximate surface area is 107 Å². The summed E-state index contributed by atoms with van der Waals surface area (Å²) < 4.78 is 28.3. The van der Waals surface area contributed by atoms with Gasteiger partial charge in [-0.05, 0) is 19.4 Å². The minimum absolute atomic E-state index is 0.000727. The van der Waals surface area contributed by atoms with E-state index in [0.29, 0.717) is 6.04 Å². The summed E-state index contributed by atoms with van der Waals surface area (Å²) in [6, 6.07) is 0.495. The smallest absolute Gasteiger partial charge is 0.261 e. The van der Waals surface area contributed by atoms with E-state index in [-0.39, 0.29) is 18.9 Å². The van der Waals surface area contributed by atoms with Crippen molar-refractivity contribution >= 4 is 5.91 Å². The molecule has 106 valence electrons. The highest BCUT2D eigenvalue weighted by Crippen LogP contribution is 2.11. The Morgan fingerprint density at radius 3 is 2.67 bits per heavy atom. The molecule has 0 unspecified atom stereocenters. The van der Waals surface area contributed by atoms with Crippen molar-refractivity contribution in [3.63, 3.8) is 0 Å². The second-order valence-corrected chi connectivity index (χ2v) is 4.43. The van der Waals surface area contributed by atoms with Crippen molar-refractivity contribution in [1.82, 2.24) is 10.2 Å². The maximum Gasteiger partial charge on any atom is 0.261 e. The summed E-state index contributed by atoms with van der Waals surface area (Å²) in [4.78, 5) is 13.5. The number of carbonyl (C=O) groups is 1. The van der Waals surface area contributed by atoms with Crippen LogP contribution < -0.4 is 5.32 Å². The predicted octanol–water partition coefficient (Wildman–Crippen LogP) is 1.26. The molecule has 1 fully saturated rings. The van der Waals surface area contributed by atoms with E-state index in [4.69, 9.17) is 4.74 Å². The molecular weight excluding hydrogens is 242 g/mol. The van der Waals surface area contributed by atoms with Gasteiger partial charge in [-0.15, -0.1) is 0 Å². The minimum Gasteiger partial charge on any atom is -0.375 e. The molecule has 0 saturated carbocycles. The standard InChI is InChI=1S/C12H22F2N2O2/c1-2-15-10-3-6-16(7-4-10)12(17)5-8-18-9-11(13)14/h10-11,15H,2-9H2,1H3. The number of carbonyl (C=O) groups excluding carboxylic acids is 1. The average Bonchev–Trinajstić information content (AvgIpc) is 2.35. The molecule has 1 rings (SSSR count). The van der Waals surface area contributed by atoms with Crippen LogP contribution in [-0.4, -0.2) is 56.1 Å². The average molecular weight is 264 g/mol. The first-order valence-electron chi connectivity index (χ1n) is 6.50. The molecule has 0 spiro atoms. The Hall–Kier alpha value is -0.750. The Bertz CT molecular complexity index is 244. The maximum absolute atomic E-state index is 11.8. The van der Waals surface area contributed by atoms with Crippen LogP contribution in [0.1, 0.15) is 26.2 Å². The van der Waals surface area contributed by atoms with Gasteiger partial charge in [-0.2, -0.15) is 0 Å². The number of nitrogens with zero attached hydrogens (tertiary/aromatic N) is 1. The first kappa shape index (κ1) is 15.3. The summed E-state index contributed by atoms with van der Waals surface area (Å²) in [5, 5.41) is 3.36. The van der Waals surface area contributed by atoms with E-state index >= 15 is 0 Å². The van der Waals surface area contributed by atoms with Crippen molar-refractivity contribution in [2.24, 2.45) is 0 Å². The van der Waals surface area contributed by atoms with E-state index in [1.807, 2.05) is 0 Å². The van der Waals surface area contributed by atoms with Crippen molar-refractivity contribution in [3.8, 4) is 0 Å². The zero-order chi connectivity index (χ0) is 13.4. The van der Waals surface area contributed by atoms with Gasteiger partial charge in [0.2, 0.25) is 5.91 Å². The molecule has 1 aliphatic heterocycles. The molecule has 0 aromatic heterocycles. The van der Waals surface area contributed by atoms with E-state index in [1.165, 1.54) is 0 Å². The van der Waals surface area contributed by atoms with Crippen molar-refractivity contribution in [1.29, 1.82) is 0 Å². The largest absolute Gasteiger partial charge is 0.375 e. The Kier molecular flexibility index (Phi) is 7.12. The van der Waals surface area contributed by atoms with Crippen molar-refractivity contribution in [3.05, 3.63) is 0 Å². The van der Waals surface area contributed by atoms with Crippen LogP contribution in [0.25, 0.3) is 0 Å². The first-order chi connectivity index (χ1) is 8.63. The molecule has 1 amide bonds. The Balaban J connectivity index is 2.12. The van der Waals surface area contributed by atoms with Gasteiger partial charge in [0.05, 0.1) is 13.0 Å². The summed E-state index contributed by atoms with van der Waals surface area (Å²) >= 11 is 0. The zero-order valence-corrected chi connectivity index (χ0v) is 10.8. The quantitative estimate of drug-likeness (QED) is 0.704. The number of alkyl halides is 2. The van der Waals surface area contributed by atoms with E-state index in [0.717, 1.165) is 32.5 Å². The van der Waals surface area contributed by atoms with Crippen LogP contribution in [0.4, 0.5) is 8.78 Å². The number of likely N-dealkylation sites (tertiary alicyclic amines) is 1. The van der Waals surface area contributed by atoms with Gasteiger partial charge in [0.15, 0.2) is 0 Å². The second kappa shape index (κ2) is 8.37. The number of rotatable bonds is 7. The number of nitrogens with one attached hydrogen (secondary N) is 1. The molecule has 0 aromatic rings. The molecule has 6 heteroatoms. The molecule has 0 aromatic carbocycles. The van der Waals surface area contributed by atoms with E-state index < -0.39 is 13.0 Å². The molecule has 0 aliphatic carbocycles. The number of amides is 1. The molecule has 1 aliphatic rings. The van der Waals surface area contributed by atoms with Gasteiger partial charge < -0.3 is 15.0 Å². The van der Waals surface area contributed by atoms with E-state index in [1.54, 1.807) is 4.90 Å². The highest BCUT2D eigenvalue weighted by molar-refractivity contribution is 5.76. The Morgan fingerprint density at radius 1 is 1.44 bits per heavy atom. The fourth-order valence-electron chi connectivity index (χ4n) is 2.11. The van der Waals surface area contributed by atoms with Gasteiger partial charge in [-0.1, -0.05) is 6.92 Å². The van der Waals surface area contributed by atoms with E-state index in [9.17, 15) is 13.6 Å². The zero-order valence-electron chi connectivity index (χ0n) is 10.8. The van der Waals surface area contributed by atoms with Crippen LogP contribution >= 0.6 is 0 Å². The van der Waals surface area contributed by atoms with Gasteiger partial charge >= 0.3 is 0 Å². The Morgan fingerprint density at radius 2 is 2.11 bits per heavy atom. The second-order valence-electron chi connectivity index (χ2n) is 4.43. The molecule has 1 saturated heterocycles. The minimum atomic E-state index is -2.46.